The van der Waals surface area contributed by atoms with Crippen LogP contribution >= 0.6 is 0 Å². The Kier molecular flexibility index (Phi) is 4.51. The van der Waals surface area contributed by atoms with E-state index < -0.39 is 0 Å². The van der Waals surface area contributed by atoms with Gasteiger partial charge in [-0.15, -0.1) is 0 Å². The number of hydrogen-bond acceptors (Lipinski definition) is 4. The fourth-order valence-corrected chi connectivity index (χ4v) is 3.76. The molecule has 0 unspecified atom stereocenters. The minimum atomic E-state index is -0.0844. The van der Waals surface area contributed by atoms with Crippen LogP contribution in [0.15, 0.2) is 82.2 Å². The van der Waals surface area contributed by atoms with Crippen LogP contribution in [0.5, 0.6) is 0 Å². The Morgan fingerprint density at radius 3 is 2.42 bits per heavy atom. The predicted molar refractivity (Wildman–Crippen MR) is 122 cm³/mol. The summed E-state index contributed by atoms with van der Waals surface area (Å²) in [6.07, 6.45) is 1.79. The van der Waals surface area contributed by atoms with E-state index in [9.17, 15) is 4.79 Å². The van der Waals surface area contributed by atoms with Gasteiger partial charge in [-0.3, -0.25) is 9.36 Å². The van der Waals surface area contributed by atoms with Gasteiger partial charge >= 0.3 is 0 Å². The number of hydrogen-bond donors (Lipinski definition) is 0. The largest absolute Gasteiger partial charge is 0.334 e. The molecule has 0 bridgehead atoms. The smallest absolute Gasteiger partial charge is 0.262 e. The van der Waals surface area contributed by atoms with Gasteiger partial charge in [0.15, 0.2) is 0 Å². The Labute approximate surface area is 179 Å². The van der Waals surface area contributed by atoms with Crippen LogP contribution in [-0.4, -0.2) is 14.7 Å². The van der Waals surface area contributed by atoms with Crippen LogP contribution in [0.3, 0.4) is 0 Å². The molecule has 0 fully saturated rings. The summed E-state index contributed by atoms with van der Waals surface area (Å²) >= 11 is 0. The molecule has 0 amide bonds. The Hall–Kier alpha value is -3.99. The van der Waals surface area contributed by atoms with Crippen LogP contribution in [0.25, 0.3) is 39.3 Å². The molecule has 2 aromatic heterocycles. The monoisotopic (exact) mass is 407 g/mol. The zero-order valence-corrected chi connectivity index (χ0v) is 17.6. The maximum absolute atomic E-state index is 13.2. The van der Waals surface area contributed by atoms with Gasteiger partial charge in [0.1, 0.15) is 0 Å². The molecule has 0 spiro atoms. The minimum Gasteiger partial charge on any atom is -0.334 e. The lowest BCUT2D eigenvalue weighted by Crippen LogP contribution is -2.18. The lowest BCUT2D eigenvalue weighted by molar-refractivity contribution is 0.432. The highest BCUT2D eigenvalue weighted by molar-refractivity contribution is 5.94. The molecule has 2 heterocycles. The maximum Gasteiger partial charge on any atom is 0.262 e. The van der Waals surface area contributed by atoms with Crippen LogP contribution in [-0.2, 0) is 0 Å². The van der Waals surface area contributed by atoms with Crippen molar-refractivity contribution in [3.8, 4) is 28.5 Å². The quantitative estimate of drug-likeness (QED) is 0.389. The van der Waals surface area contributed by atoms with Crippen molar-refractivity contribution in [2.75, 3.05) is 0 Å². The van der Waals surface area contributed by atoms with E-state index in [-0.39, 0.29) is 5.56 Å². The molecule has 0 saturated heterocycles. The molecular formula is C26H21N3O2. The Balaban J connectivity index is 1.72. The zero-order valence-electron chi connectivity index (χ0n) is 17.6. The van der Waals surface area contributed by atoms with Crippen molar-refractivity contribution < 1.29 is 4.52 Å². The van der Waals surface area contributed by atoms with Crippen molar-refractivity contribution in [1.29, 1.82) is 0 Å². The molecule has 5 heteroatoms. The van der Waals surface area contributed by atoms with E-state index in [0.717, 1.165) is 27.8 Å². The molecule has 152 valence electrons. The van der Waals surface area contributed by atoms with Crippen molar-refractivity contribution in [2.24, 2.45) is 0 Å². The van der Waals surface area contributed by atoms with Gasteiger partial charge < -0.3 is 4.52 Å². The summed E-state index contributed by atoms with van der Waals surface area (Å²) in [7, 11) is 0. The lowest BCUT2D eigenvalue weighted by atomic mass is 10.1. The number of pyridine rings is 1. The third-order valence-electron chi connectivity index (χ3n) is 5.63. The second kappa shape index (κ2) is 7.36. The highest BCUT2D eigenvalue weighted by atomic mass is 16.5. The van der Waals surface area contributed by atoms with Crippen molar-refractivity contribution in [2.45, 2.75) is 20.8 Å². The summed E-state index contributed by atoms with van der Waals surface area (Å²) < 4.78 is 7.30. The summed E-state index contributed by atoms with van der Waals surface area (Å²) in [5.74, 6) is 0.904. The van der Waals surface area contributed by atoms with Gasteiger partial charge in [0, 0.05) is 28.2 Å². The Morgan fingerprint density at radius 1 is 0.839 bits per heavy atom. The minimum absolute atomic E-state index is 0.0844. The Bertz CT molecular complexity index is 1490. The van der Waals surface area contributed by atoms with Crippen molar-refractivity contribution >= 4 is 10.8 Å². The van der Waals surface area contributed by atoms with E-state index in [1.807, 2.05) is 67.6 Å². The topological polar surface area (TPSA) is 60.9 Å². The second-order valence-electron chi connectivity index (χ2n) is 7.82. The molecule has 31 heavy (non-hydrogen) atoms. The molecule has 0 aliphatic heterocycles. The summed E-state index contributed by atoms with van der Waals surface area (Å²) in [6.45, 7) is 6.14. The molecule has 0 aliphatic rings. The van der Waals surface area contributed by atoms with E-state index in [1.54, 1.807) is 10.8 Å². The molecule has 0 radical (unpaired) electrons. The average molecular weight is 407 g/mol. The van der Waals surface area contributed by atoms with Gasteiger partial charge in [-0.2, -0.15) is 4.98 Å². The van der Waals surface area contributed by atoms with Crippen molar-refractivity contribution in [3.63, 3.8) is 0 Å². The van der Waals surface area contributed by atoms with Gasteiger partial charge in [-0.25, -0.2) is 0 Å². The summed E-state index contributed by atoms with van der Waals surface area (Å²) in [4.78, 5) is 17.9. The highest BCUT2D eigenvalue weighted by Crippen LogP contribution is 2.29. The third-order valence-corrected chi connectivity index (χ3v) is 5.63. The first-order valence-corrected chi connectivity index (χ1v) is 10.1. The number of aromatic nitrogens is 3. The van der Waals surface area contributed by atoms with Gasteiger partial charge in [0.05, 0.1) is 5.56 Å². The fraction of sp³-hybridized carbons (Fsp3) is 0.115. The number of aryl methyl sites for hydroxylation is 3. The zero-order chi connectivity index (χ0) is 21.5. The standard InChI is InChI=1S/C26H21N3O2/c1-16-7-6-8-20(13-16)29-15-23(21-9-4-5-10-22(21)26(29)30)25-27-24(28-31-25)19-12-11-17(2)18(3)14-19/h4-15H,1-3H3. The van der Waals surface area contributed by atoms with E-state index in [1.165, 1.54) is 11.1 Å². The highest BCUT2D eigenvalue weighted by Gasteiger charge is 2.17. The number of benzene rings is 3. The summed E-state index contributed by atoms with van der Waals surface area (Å²) in [5.41, 5.74) is 5.79. The molecule has 5 rings (SSSR count). The first-order chi connectivity index (χ1) is 15.0. The van der Waals surface area contributed by atoms with Gasteiger partial charge in [0.25, 0.3) is 11.4 Å². The Morgan fingerprint density at radius 2 is 1.65 bits per heavy atom. The molecule has 0 atom stereocenters. The van der Waals surface area contributed by atoms with E-state index in [4.69, 9.17) is 4.52 Å². The van der Waals surface area contributed by atoms with E-state index in [0.29, 0.717) is 17.1 Å². The average Bonchev–Trinajstić information content (AvgIpc) is 3.26. The molecule has 0 saturated carbocycles. The van der Waals surface area contributed by atoms with Crippen LogP contribution in [0.2, 0.25) is 0 Å². The molecule has 3 aromatic carbocycles. The maximum atomic E-state index is 13.2. The third kappa shape index (κ3) is 3.34. The fourth-order valence-electron chi connectivity index (χ4n) is 3.76. The number of fused-ring (bicyclic) bond motifs is 1. The molecule has 0 aliphatic carbocycles. The molecule has 5 nitrogen and oxygen atoms in total. The van der Waals surface area contributed by atoms with E-state index >= 15 is 0 Å². The van der Waals surface area contributed by atoms with Gasteiger partial charge in [-0.1, -0.05) is 47.6 Å². The number of nitrogens with zero attached hydrogens (tertiary/aromatic N) is 3. The number of rotatable bonds is 3. The first kappa shape index (κ1) is 19.0. The van der Waals surface area contributed by atoms with Crippen LogP contribution in [0, 0.1) is 20.8 Å². The predicted octanol–water partition coefficient (Wildman–Crippen LogP) is 5.63. The second-order valence-corrected chi connectivity index (χ2v) is 7.82. The van der Waals surface area contributed by atoms with E-state index in [2.05, 4.69) is 30.1 Å². The molecule has 0 N–H and O–H groups in total. The van der Waals surface area contributed by atoms with Crippen LogP contribution in [0.1, 0.15) is 16.7 Å². The molecular weight excluding hydrogens is 386 g/mol. The first-order valence-electron chi connectivity index (χ1n) is 10.1. The van der Waals surface area contributed by atoms with Crippen LogP contribution in [0.4, 0.5) is 0 Å². The summed E-state index contributed by atoms with van der Waals surface area (Å²) in [5, 5.41) is 5.59. The molecule has 5 aromatic rings. The van der Waals surface area contributed by atoms with Crippen LogP contribution < -0.4 is 5.56 Å². The van der Waals surface area contributed by atoms with Crippen molar-refractivity contribution in [3.05, 3.63) is 100.0 Å². The lowest BCUT2D eigenvalue weighted by Gasteiger charge is -2.11. The van der Waals surface area contributed by atoms with Gasteiger partial charge in [0.2, 0.25) is 5.82 Å². The SMILES string of the molecule is Cc1cccc(-n2cc(-c3nc(-c4ccc(C)c(C)c4)no3)c3ccccc3c2=O)c1. The van der Waals surface area contributed by atoms with Crippen molar-refractivity contribution in [1.82, 2.24) is 14.7 Å². The van der Waals surface area contributed by atoms with Gasteiger partial charge in [-0.05, 0) is 61.7 Å². The summed E-state index contributed by atoms with van der Waals surface area (Å²) in [6, 6.07) is 21.4. The normalized spacial score (nSPS) is 11.2.